The second-order valence-corrected chi connectivity index (χ2v) is 15.5. The zero-order valence-corrected chi connectivity index (χ0v) is 24.8. The molecule has 0 bridgehead atoms. The molecular formula is C32H50O6. The van der Waals surface area contributed by atoms with Crippen molar-refractivity contribution < 1.29 is 29.6 Å². The number of carboxylic acids is 1. The minimum atomic E-state index is -1.10. The van der Waals surface area contributed by atoms with Gasteiger partial charge in [0.05, 0.1) is 17.1 Å². The van der Waals surface area contributed by atoms with E-state index in [0.29, 0.717) is 25.2 Å². The lowest BCUT2D eigenvalue weighted by Gasteiger charge is -2.72. The molecule has 0 spiro atoms. The van der Waals surface area contributed by atoms with Crippen molar-refractivity contribution in [3.05, 3.63) is 11.6 Å². The summed E-state index contributed by atoms with van der Waals surface area (Å²) in [6, 6.07) is 0. The Labute approximate surface area is 228 Å². The van der Waals surface area contributed by atoms with Gasteiger partial charge in [-0.05, 0) is 92.3 Å². The lowest BCUT2D eigenvalue weighted by atomic mass is 9.32. The summed E-state index contributed by atoms with van der Waals surface area (Å²) in [6.07, 6.45) is 7.31. The number of aliphatic carboxylic acids is 1. The molecule has 0 heterocycles. The summed E-state index contributed by atoms with van der Waals surface area (Å²) in [7, 11) is 0. The third-order valence-electron chi connectivity index (χ3n) is 13.6. The number of fused-ring (bicyclic) bond motifs is 7. The monoisotopic (exact) mass is 530 g/mol. The van der Waals surface area contributed by atoms with Crippen LogP contribution >= 0.6 is 0 Å². The lowest BCUT2D eigenvalue weighted by Crippen LogP contribution is -2.70. The van der Waals surface area contributed by atoms with E-state index in [4.69, 9.17) is 4.74 Å². The average Bonchev–Trinajstić information content (AvgIpc) is 2.78. The first-order valence-corrected chi connectivity index (χ1v) is 14.9. The van der Waals surface area contributed by atoms with Gasteiger partial charge in [0.1, 0.15) is 6.10 Å². The summed E-state index contributed by atoms with van der Waals surface area (Å²) in [5, 5.41) is 34.5. The summed E-state index contributed by atoms with van der Waals surface area (Å²) in [6.45, 7) is 16.7. The summed E-state index contributed by atoms with van der Waals surface area (Å²) in [5.74, 6) is -1.15. The fourth-order valence-electron chi connectivity index (χ4n) is 11.4. The summed E-state index contributed by atoms with van der Waals surface area (Å²) < 4.78 is 5.80. The number of aliphatic hydroxyl groups is 2. The van der Waals surface area contributed by atoms with Gasteiger partial charge < -0.3 is 20.1 Å². The molecule has 3 N–H and O–H groups in total. The Morgan fingerprint density at radius 2 is 1.66 bits per heavy atom. The zero-order chi connectivity index (χ0) is 28.3. The Hall–Kier alpha value is -1.40. The molecule has 0 saturated heterocycles. The van der Waals surface area contributed by atoms with Crippen LogP contribution in [0.5, 0.6) is 0 Å². The number of aliphatic hydroxyl groups excluding tert-OH is 1. The van der Waals surface area contributed by atoms with Gasteiger partial charge in [0.15, 0.2) is 0 Å². The van der Waals surface area contributed by atoms with Crippen LogP contribution in [0.4, 0.5) is 0 Å². The maximum atomic E-state index is 12.9. The number of rotatable bonds is 2. The normalized spacial score (nSPS) is 53.4. The van der Waals surface area contributed by atoms with E-state index in [-0.39, 0.29) is 45.6 Å². The molecule has 6 heteroatoms. The molecule has 38 heavy (non-hydrogen) atoms. The molecule has 4 fully saturated rings. The van der Waals surface area contributed by atoms with E-state index in [1.165, 1.54) is 6.92 Å². The predicted molar refractivity (Wildman–Crippen MR) is 145 cm³/mol. The van der Waals surface area contributed by atoms with Crippen molar-refractivity contribution in [2.24, 2.45) is 50.7 Å². The molecule has 0 aromatic heterocycles. The van der Waals surface area contributed by atoms with Gasteiger partial charge in [0.25, 0.3) is 0 Å². The quantitative estimate of drug-likeness (QED) is 0.310. The molecule has 0 aromatic rings. The molecule has 6 nitrogen and oxygen atoms in total. The largest absolute Gasteiger partial charge is 0.481 e. The second-order valence-electron chi connectivity index (χ2n) is 15.5. The molecule has 11 atom stereocenters. The molecule has 5 aliphatic rings. The molecule has 5 rings (SSSR count). The van der Waals surface area contributed by atoms with Crippen molar-refractivity contribution in [3.8, 4) is 0 Å². The van der Waals surface area contributed by atoms with E-state index in [1.54, 1.807) is 0 Å². The minimum Gasteiger partial charge on any atom is -0.481 e. The number of hydrogen-bond donors (Lipinski definition) is 3. The van der Waals surface area contributed by atoms with Gasteiger partial charge in [-0.1, -0.05) is 53.2 Å². The Kier molecular flexibility index (Phi) is 6.16. The number of ether oxygens (including phenoxy) is 1. The van der Waals surface area contributed by atoms with E-state index in [0.717, 1.165) is 37.7 Å². The van der Waals surface area contributed by atoms with Crippen molar-refractivity contribution in [2.45, 2.75) is 125 Å². The Balaban J connectivity index is 1.62. The highest BCUT2D eigenvalue weighted by Gasteiger charge is 2.72. The Morgan fingerprint density at radius 1 is 1.00 bits per heavy atom. The van der Waals surface area contributed by atoms with Crippen LogP contribution in [0.1, 0.15) is 107 Å². The molecule has 0 aromatic carbocycles. The summed E-state index contributed by atoms with van der Waals surface area (Å²) in [4.78, 5) is 24.8. The maximum Gasteiger partial charge on any atom is 0.310 e. The summed E-state index contributed by atoms with van der Waals surface area (Å²) >= 11 is 0. The first kappa shape index (κ1) is 28.1. The van der Waals surface area contributed by atoms with Crippen LogP contribution < -0.4 is 0 Å². The van der Waals surface area contributed by atoms with Gasteiger partial charge in [0, 0.05) is 18.3 Å². The van der Waals surface area contributed by atoms with Crippen molar-refractivity contribution in [1.82, 2.24) is 0 Å². The smallest absolute Gasteiger partial charge is 0.310 e. The van der Waals surface area contributed by atoms with E-state index >= 15 is 0 Å². The third kappa shape index (κ3) is 3.31. The van der Waals surface area contributed by atoms with Crippen LogP contribution in [0.15, 0.2) is 11.6 Å². The van der Waals surface area contributed by atoms with Crippen LogP contribution in [0, 0.1) is 50.7 Å². The number of carbonyl (C=O) groups excluding carboxylic acids is 1. The van der Waals surface area contributed by atoms with Gasteiger partial charge in [-0.2, -0.15) is 0 Å². The fourth-order valence-corrected chi connectivity index (χ4v) is 11.4. The van der Waals surface area contributed by atoms with E-state index in [2.05, 4.69) is 47.6 Å². The maximum absolute atomic E-state index is 12.9. The van der Waals surface area contributed by atoms with E-state index in [9.17, 15) is 24.9 Å². The van der Waals surface area contributed by atoms with Crippen molar-refractivity contribution in [3.63, 3.8) is 0 Å². The number of carbonyl (C=O) groups is 2. The van der Waals surface area contributed by atoms with Gasteiger partial charge in [-0.15, -0.1) is 0 Å². The highest BCUT2D eigenvalue weighted by molar-refractivity contribution is 5.77. The highest BCUT2D eigenvalue weighted by Crippen LogP contribution is 2.76. The molecule has 4 saturated carbocycles. The molecule has 5 aliphatic carbocycles. The number of allylic oxidation sites excluding steroid dienone is 1. The van der Waals surface area contributed by atoms with Crippen molar-refractivity contribution in [1.29, 1.82) is 0 Å². The Morgan fingerprint density at radius 3 is 2.26 bits per heavy atom. The highest BCUT2D eigenvalue weighted by atomic mass is 16.5. The van der Waals surface area contributed by atoms with Crippen LogP contribution in [-0.2, 0) is 14.3 Å². The third-order valence-corrected chi connectivity index (χ3v) is 13.6. The lowest BCUT2D eigenvalue weighted by molar-refractivity contribution is -0.250. The van der Waals surface area contributed by atoms with Gasteiger partial charge >= 0.3 is 11.9 Å². The number of carboxylic acid groups (broad SMARTS) is 1. The van der Waals surface area contributed by atoms with Crippen LogP contribution in [0.2, 0.25) is 0 Å². The van der Waals surface area contributed by atoms with Crippen LogP contribution in [0.3, 0.4) is 0 Å². The summed E-state index contributed by atoms with van der Waals surface area (Å²) in [5.41, 5.74) is -1.98. The van der Waals surface area contributed by atoms with E-state index < -0.39 is 29.0 Å². The average molecular weight is 531 g/mol. The van der Waals surface area contributed by atoms with Crippen molar-refractivity contribution in [2.75, 3.05) is 0 Å². The van der Waals surface area contributed by atoms with Gasteiger partial charge in [-0.3, -0.25) is 9.59 Å². The molecule has 214 valence electrons. The van der Waals surface area contributed by atoms with Gasteiger partial charge in [0.2, 0.25) is 0 Å². The predicted octanol–water partition coefficient (Wildman–Crippen LogP) is 5.75. The standard InChI is InChI=1S/C32H50O6/c1-18-11-14-32(26(35)36)16-15-29(6)20(24(32)31(18,8)37)9-10-22-28(5)13-12-23(38-19(2)33)27(3,4)25(28)21(34)17-30(22,29)7/h9,18,21-25,34,37H,10-17H2,1-8H3,(H,35,36)/t18-,21-,22-,23+,24-,25+,28-,29-,30-,31-,32+/m1/s1. The first-order chi connectivity index (χ1) is 17.4. The molecule has 0 aliphatic heterocycles. The van der Waals surface area contributed by atoms with E-state index in [1.807, 2.05) is 6.92 Å². The second kappa shape index (κ2) is 8.31. The Bertz CT molecular complexity index is 1060. The van der Waals surface area contributed by atoms with Crippen LogP contribution in [0.25, 0.3) is 0 Å². The number of esters is 1. The first-order valence-electron chi connectivity index (χ1n) is 14.9. The minimum absolute atomic E-state index is 0.00997. The van der Waals surface area contributed by atoms with Gasteiger partial charge in [-0.25, -0.2) is 0 Å². The SMILES string of the molecule is CC(=O)O[C@H]1CC[C@]2(C)[C@H]3CC=C4[C@H]5[C@](C(=O)O)(CC[C@@H](C)[C@@]5(C)O)CC[C@@]4(C)[C@]3(C)C[C@@H](O)[C@H]2C1(C)C. The molecule has 0 unspecified atom stereocenters. The molecule has 0 radical (unpaired) electrons. The molecule has 0 amide bonds. The molecular weight excluding hydrogens is 480 g/mol. The topological polar surface area (TPSA) is 104 Å². The number of hydrogen-bond acceptors (Lipinski definition) is 5. The van der Waals surface area contributed by atoms with Crippen LogP contribution in [-0.4, -0.2) is 45.1 Å². The fraction of sp³-hybridized carbons (Fsp3) is 0.875. The zero-order valence-electron chi connectivity index (χ0n) is 24.8. The van der Waals surface area contributed by atoms with Crippen molar-refractivity contribution >= 4 is 11.9 Å².